The van der Waals surface area contributed by atoms with E-state index in [-0.39, 0.29) is 5.91 Å². The van der Waals surface area contributed by atoms with Crippen molar-refractivity contribution >= 4 is 22.4 Å². The van der Waals surface area contributed by atoms with Gasteiger partial charge in [-0.1, -0.05) is 0 Å². The van der Waals surface area contributed by atoms with Crippen LogP contribution in [0.25, 0.3) is 10.8 Å². The van der Waals surface area contributed by atoms with Crippen molar-refractivity contribution in [1.29, 1.82) is 0 Å². The molecule has 0 radical (unpaired) electrons. The molecule has 1 aliphatic heterocycles. The minimum Gasteiger partial charge on any atom is -0.496 e. The molecule has 1 amide bonds. The van der Waals surface area contributed by atoms with Gasteiger partial charge in [0.15, 0.2) is 0 Å². The molecule has 1 saturated heterocycles. The maximum Gasteiger partial charge on any atom is 0.273 e. The van der Waals surface area contributed by atoms with Gasteiger partial charge in [-0.05, 0) is 31.0 Å². The monoisotopic (exact) mass is 271 g/mol. The fourth-order valence-electron chi connectivity index (χ4n) is 2.71. The van der Waals surface area contributed by atoms with Crippen LogP contribution in [0.2, 0.25) is 0 Å². The van der Waals surface area contributed by atoms with Crippen molar-refractivity contribution in [3.8, 4) is 5.75 Å². The number of rotatable bonds is 2. The van der Waals surface area contributed by atoms with Crippen LogP contribution in [0.5, 0.6) is 5.75 Å². The number of benzene rings is 1. The van der Waals surface area contributed by atoms with Gasteiger partial charge in [-0.15, -0.1) is 0 Å². The number of hydrogen-bond acceptors (Lipinski definition) is 4. The highest BCUT2D eigenvalue weighted by molar-refractivity contribution is 6.11. The second kappa shape index (κ2) is 5.00. The average molecular weight is 271 g/mol. The smallest absolute Gasteiger partial charge is 0.273 e. The molecule has 3 rings (SSSR count). The first-order valence-electron chi connectivity index (χ1n) is 6.73. The van der Waals surface area contributed by atoms with Crippen LogP contribution in [0.4, 0.5) is 5.69 Å². The van der Waals surface area contributed by atoms with E-state index in [0.29, 0.717) is 22.5 Å². The Bertz CT molecular complexity index is 663. The number of carbonyl (C=O) groups is 1. The van der Waals surface area contributed by atoms with Gasteiger partial charge in [-0.3, -0.25) is 9.78 Å². The number of pyridine rings is 1. The SMILES string of the molecule is COc1ccc(N)c2c(C(=O)N3CCCC3)nccc12. The van der Waals surface area contributed by atoms with Gasteiger partial charge in [-0.25, -0.2) is 0 Å². The lowest BCUT2D eigenvalue weighted by Crippen LogP contribution is -2.28. The molecule has 2 heterocycles. The van der Waals surface area contributed by atoms with Crippen molar-refractivity contribution in [2.45, 2.75) is 12.8 Å². The Hall–Kier alpha value is -2.30. The predicted octanol–water partition coefficient (Wildman–Crippen LogP) is 2.06. The summed E-state index contributed by atoms with van der Waals surface area (Å²) in [4.78, 5) is 18.7. The van der Waals surface area contributed by atoms with Crippen LogP contribution in [0.15, 0.2) is 24.4 Å². The molecule has 2 N–H and O–H groups in total. The summed E-state index contributed by atoms with van der Waals surface area (Å²) in [6, 6.07) is 5.39. The second-order valence-corrected chi connectivity index (χ2v) is 4.94. The van der Waals surface area contributed by atoms with Gasteiger partial charge in [0.05, 0.1) is 7.11 Å². The van der Waals surface area contributed by atoms with Crippen LogP contribution in [0.3, 0.4) is 0 Å². The first kappa shape index (κ1) is 12.7. The lowest BCUT2D eigenvalue weighted by atomic mass is 10.1. The molecule has 1 fully saturated rings. The summed E-state index contributed by atoms with van der Waals surface area (Å²) in [5.74, 6) is 0.653. The molecule has 0 atom stereocenters. The second-order valence-electron chi connectivity index (χ2n) is 4.94. The number of carbonyl (C=O) groups excluding carboxylic acids is 1. The summed E-state index contributed by atoms with van der Waals surface area (Å²) in [6.07, 6.45) is 3.73. The maximum atomic E-state index is 12.6. The van der Waals surface area contributed by atoms with Crippen LogP contribution in [-0.4, -0.2) is 36.0 Å². The Kier molecular flexibility index (Phi) is 3.18. The van der Waals surface area contributed by atoms with Crippen LogP contribution < -0.4 is 10.5 Å². The van der Waals surface area contributed by atoms with E-state index in [9.17, 15) is 4.79 Å². The Morgan fingerprint density at radius 1 is 1.30 bits per heavy atom. The van der Waals surface area contributed by atoms with Crippen molar-refractivity contribution in [2.24, 2.45) is 0 Å². The van der Waals surface area contributed by atoms with E-state index in [1.807, 2.05) is 17.0 Å². The molecule has 0 aliphatic carbocycles. The third-order valence-electron chi connectivity index (χ3n) is 3.74. The summed E-state index contributed by atoms with van der Waals surface area (Å²) < 4.78 is 5.33. The van der Waals surface area contributed by atoms with E-state index < -0.39 is 0 Å². The van der Waals surface area contributed by atoms with Gasteiger partial charge < -0.3 is 15.4 Å². The number of fused-ring (bicyclic) bond motifs is 1. The lowest BCUT2D eigenvalue weighted by Gasteiger charge is -2.17. The first-order chi connectivity index (χ1) is 9.72. The quantitative estimate of drug-likeness (QED) is 0.849. The predicted molar refractivity (Wildman–Crippen MR) is 77.8 cm³/mol. The zero-order valence-corrected chi connectivity index (χ0v) is 11.4. The van der Waals surface area contributed by atoms with Gasteiger partial charge in [0, 0.05) is 35.7 Å². The molecule has 5 nitrogen and oxygen atoms in total. The number of likely N-dealkylation sites (tertiary alicyclic amines) is 1. The third-order valence-corrected chi connectivity index (χ3v) is 3.74. The Morgan fingerprint density at radius 2 is 2.05 bits per heavy atom. The molecular weight excluding hydrogens is 254 g/mol. The minimum absolute atomic E-state index is 0.0481. The summed E-state index contributed by atoms with van der Waals surface area (Å²) in [5, 5.41) is 1.51. The van der Waals surface area contributed by atoms with Crippen molar-refractivity contribution in [3.63, 3.8) is 0 Å². The summed E-state index contributed by atoms with van der Waals surface area (Å²) >= 11 is 0. The molecule has 5 heteroatoms. The van der Waals surface area contributed by atoms with Crippen molar-refractivity contribution in [3.05, 3.63) is 30.1 Å². The highest BCUT2D eigenvalue weighted by Crippen LogP contribution is 2.32. The normalized spacial score (nSPS) is 14.8. The molecule has 2 aromatic rings. The number of amides is 1. The van der Waals surface area contributed by atoms with Gasteiger partial charge in [0.1, 0.15) is 11.4 Å². The van der Waals surface area contributed by atoms with Gasteiger partial charge in [0.25, 0.3) is 5.91 Å². The highest BCUT2D eigenvalue weighted by atomic mass is 16.5. The summed E-state index contributed by atoms with van der Waals surface area (Å²) in [6.45, 7) is 1.58. The number of nitrogens with zero attached hydrogens (tertiary/aromatic N) is 2. The molecule has 0 spiro atoms. The zero-order chi connectivity index (χ0) is 14.1. The molecule has 1 aromatic heterocycles. The van der Waals surface area contributed by atoms with Crippen LogP contribution in [-0.2, 0) is 0 Å². The van der Waals surface area contributed by atoms with Crippen LogP contribution in [0, 0.1) is 0 Å². The number of nitrogen functional groups attached to an aromatic ring is 1. The molecule has 1 aliphatic rings. The number of anilines is 1. The number of methoxy groups -OCH3 is 1. The Balaban J connectivity index is 2.18. The third kappa shape index (κ3) is 1.95. The van der Waals surface area contributed by atoms with Crippen LogP contribution in [0.1, 0.15) is 23.3 Å². The van der Waals surface area contributed by atoms with E-state index >= 15 is 0 Å². The molecular formula is C15H17N3O2. The number of hydrogen-bond donors (Lipinski definition) is 1. The largest absolute Gasteiger partial charge is 0.496 e. The van der Waals surface area contributed by atoms with Crippen molar-refractivity contribution in [2.75, 3.05) is 25.9 Å². The van der Waals surface area contributed by atoms with Gasteiger partial charge in [0.2, 0.25) is 0 Å². The van der Waals surface area contributed by atoms with Crippen molar-refractivity contribution < 1.29 is 9.53 Å². The van der Waals surface area contributed by atoms with Gasteiger partial charge in [-0.2, -0.15) is 0 Å². The molecule has 0 saturated carbocycles. The number of aromatic nitrogens is 1. The Labute approximate surface area is 117 Å². The average Bonchev–Trinajstić information content (AvgIpc) is 3.01. The summed E-state index contributed by atoms with van der Waals surface area (Å²) in [7, 11) is 1.60. The van der Waals surface area contributed by atoms with E-state index in [2.05, 4.69) is 4.98 Å². The summed E-state index contributed by atoms with van der Waals surface area (Å²) in [5.41, 5.74) is 7.02. The zero-order valence-electron chi connectivity index (χ0n) is 11.4. The van der Waals surface area contributed by atoms with Crippen LogP contribution >= 0.6 is 0 Å². The van der Waals surface area contributed by atoms with Crippen molar-refractivity contribution in [1.82, 2.24) is 9.88 Å². The Morgan fingerprint density at radius 3 is 2.75 bits per heavy atom. The fourth-order valence-corrected chi connectivity index (χ4v) is 2.71. The van der Waals surface area contributed by atoms with Gasteiger partial charge >= 0.3 is 0 Å². The number of nitrogens with two attached hydrogens (primary N) is 1. The molecule has 0 unspecified atom stereocenters. The van der Waals surface area contributed by atoms with E-state index in [1.54, 1.807) is 19.4 Å². The molecule has 1 aromatic carbocycles. The topological polar surface area (TPSA) is 68.5 Å². The minimum atomic E-state index is -0.0481. The highest BCUT2D eigenvalue weighted by Gasteiger charge is 2.23. The molecule has 20 heavy (non-hydrogen) atoms. The van der Waals surface area contributed by atoms with E-state index in [1.165, 1.54) is 0 Å². The first-order valence-corrected chi connectivity index (χ1v) is 6.73. The standard InChI is InChI=1S/C15H17N3O2/c1-20-12-5-4-11(16)13-10(12)6-7-17-14(13)15(19)18-8-2-3-9-18/h4-7H,2-3,8-9,16H2,1H3. The van der Waals surface area contributed by atoms with E-state index in [4.69, 9.17) is 10.5 Å². The molecule has 104 valence electrons. The van der Waals surface area contributed by atoms with E-state index in [0.717, 1.165) is 31.3 Å². The fraction of sp³-hybridized carbons (Fsp3) is 0.333. The molecule has 0 bridgehead atoms. The lowest BCUT2D eigenvalue weighted by molar-refractivity contribution is 0.0789. The number of ether oxygens (including phenoxy) is 1. The maximum absolute atomic E-state index is 12.6.